The van der Waals surface area contributed by atoms with Crippen molar-refractivity contribution in [1.29, 1.82) is 0 Å². The summed E-state index contributed by atoms with van der Waals surface area (Å²) in [6.07, 6.45) is 14.2. The highest BCUT2D eigenvalue weighted by atomic mass is 16.3. The van der Waals surface area contributed by atoms with E-state index in [1.807, 2.05) is 0 Å². The quantitative estimate of drug-likeness (QED) is 0.560. The molecule has 1 saturated carbocycles. The van der Waals surface area contributed by atoms with Gasteiger partial charge in [-0.2, -0.15) is 0 Å². The van der Waals surface area contributed by atoms with Crippen LogP contribution in [0.4, 0.5) is 0 Å². The zero-order chi connectivity index (χ0) is 14.6. The molecule has 1 rings (SSSR count). The highest BCUT2D eigenvalue weighted by Gasteiger charge is 2.23. The van der Waals surface area contributed by atoms with Crippen molar-refractivity contribution in [2.75, 3.05) is 19.6 Å². The molecule has 0 bridgehead atoms. The lowest BCUT2D eigenvalue weighted by Crippen LogP contribution is -2.38. The molecule has 0 spiro atoms. The molecule has 1 aliphatic rings. The Morgan fingerprint density at radius 2 is 1.45 bits per heavy atom. The first kappa shape index (κ1) is 18.0. The largest absolute Gasteiger partial charge is 0.392 e. The first-order valence-corrected chi connectivity index (χ1v) is 9.18. The lowest BCUT2D eigenvalue weighted by molar-refractivity contribution is 0.0465. The van der Waals surface area contributed by atoms with Crippen LogP contribution in [0.1, 0.15) is 84.5 Å². The van der Waals surface area contributed by atoms with E-state index in [9.17, 15) is 5.11 Å². The highest BCUT2D eigenvalue weighted by molar-refractivity contribution is 4.76. The van der Waals surface area contributed by atoms with Gasteiger partial charge < -0.3 is 10.0 Å². The molecule has 2 nitrogen and oxygen atoms in total. The molecule has 1 unspecified atom stereocenters. The zero-order valence-electron chi connectivity index (χ0n) is 13.9. The molecule has 20 heavy (non-hydrogen) atoms. The number of hydrogen-bond acceptors (Lipinski definition) is 2. The van der Waals surface area contributed by atoms with Crippen molar-refractivity contribution >= 4 is 0 Å². The Morgan fingerprint density at radius 1 is 0.900 bits per heavy atom. The van der Waals surface area contributed by atoms with E-state index in [0.29, 0.717) is 5.92 Å². The van der Waals surface area contributed by atoms with Gasteiger partial charge in [0.25, 0.3) is 0 Å². The molecule has 0 radical (unpaired) electrons. The summed E-state index contributed by atoms with van der Waals surface area (Å²) in [6.45, 7) is 7.80. The van der Waals surface area contributed by atoms with Crippen molar-refractivity contribution in [3.63, 3.8) is 0 Å². The fraction of sp³-hybridized carbons (Fsp3) is 1.00. The van der Waals surface area contributed by atoms with Crippen molar-refractivity contribution in [2.24, 2.45) is 5.92 Å². The lowest BCUT2D eigenvalue weighted by atomic mass is 9.85. The van der Waals surface area contributed by atoms with Gasteiger partial charge in [-0.1, -0.05) is 58.8 Å². The molecule has 0 aromatic rings. The van der Waals surface area contributed by atoms with Crippen LogP contribution < -0.4 is 0 Å². The van der Waals surface area contributed by atoms with E-state index in [-0.39, 0.29) is 6.10 Å². The van der Waals surface area contributed by atoms with Crippen LogP contribution in [-0.4, -0.2) is 35.7 Å². The van der Waals surface area contributed by atoms with Crippen LogP contribution in [0.3, 0.4) is 0 Å². The number of rotatable bonds is 11. The van der Waals surface area contributed by atoms with Gasteiger partial charge in [-0.25, -0.2) is 0 Å². The third-order valence-corrected chi connectivity index (χ3v) is 4.80. The first-order valence-electron chi connectivity index (χ1n) is 9.18. The van der Waals surface area contributed by atoms with Crippen molar-refractivity contribution < 1.29 is 5.11 Å². The number of unbranched alkanes of at least 4 members (excludes halogenated alkanes) is 4. The Hall–Kier alpha value is -0.0800. The third kappa shape index (κ3) is 7.64. The molecule has 0 aliphatic heterocycles. The molecule has 0 aromatic heterocycles. The second-order valence-electron chi connectivity index (χ2n) is 6.68. The van der Waals surface area contributed by atoms with Gasteiger partial charge in [0, 0.05) is 6.54 Å². The van der Waals surface area contributed by atoms with Crippen LogP contribution in [0.2, 0.25) is 0 Å². The van der Waals surface area contributed by atoms with Crippen molar-refractivity contribution in [1.82, 2.24) is 4.90 Å². The maximum absolute atomic E-state index is 10.5. The summed E-state index contributed by atoms with van der Waals surface area (Å²) in [6, 6.07) is 0. The summed E-state index contributed by atoms with van der Waals surface area (Å²) in [5.74, 6) is 0.573. The van der Waals surface area contributed by atoms with E-state index in [2.05, 4.69) is 18.7 Å². The molecule has 0 amide bonds. The predicted octanol–water partition coefficient (Wildman–Crippen LogP) is 4.61. The van der Waals surface area contributed by atoms with Crippen LogP contribution >= 0.6 is 0 Å². The average Bonchev–Trinajstić information content (AvgIpc) is 2.48. The van der Waals surface area contributed by atoms with Crippen LogP contribution in [0.5, 0.6) is 0 Å². The van der Waals surface area contributed by atoms with Gasteiger partial charge >= 0.3 is 0 Å². The summed E-state index contributed by atoms with van der Waals surface area (Å²) < 4.78 is 0. The summed E-state index contributed by atoms with van der Waals surface area (Å²) in [5, 5.41) is 10.5. The fourth-order valence-electron chi connectivity index (χ4n) is 3.40. The maximum Gasteiger partial charge on any atom is 0.0695 e. The van der Waals surface area contributed by atoms with E-state index in [0.717, 1.165) is 6.54 Å². The van der Waals surface area contributed by atoms with E-state index in [4.69, 9.17) is 0 Å². The zero-order valence-corrected chi connectivity index (χ0v) is 13.9. The van der Waals surface area contributed by atoms with Crippen LogP contribution in [0.15, 0.2) is 0 Å². The minimum absolute atomic E-state index is 0.0847. The molecule has 120 valence electrons. The van der Waals surface area contributed by atoms with Crippen LogP contribution in [0, 0.1) is 5.92 Å². The van der Waals surface area contributed by atoms with Gasteiger partial charge in [0.2, 0.25) is 0 Å². The molecule has 0 aromatic carbocycles. The smallest absolute Gasteiger partial charge is 0.0695 e. The standard InChI is InChI=1S/C18H37NO/c1-3-5-10-14-19(15-11-6-4-2)16-18(20)17-12-8-7-9-13-17/h17-18,20H,3-16H2,1-2H3. The number of aliphatic hydroxyl groups excluding tert-OH is 1. The Labute approximate surface area is 126 Å². The summed E-state index contributed by atoms with van der Waals surface area (Å²) in [4.78, 5) is 2.53. The lowest BCUT2D eigenvalue weighted by Gasteiger charge is -2.31. The predicted molar refractivity (Wildman–Crippen MR) is 88.1 cm³/mol. The Bertz CT molecular complexity index is 203. The SMILES string of the molecule is CCCCCN(CCCCC)CC(O)C1CCCCC1. The topological polar surface area (TPSA) is 23.5 Å². The molecule has 1 N–H and O–H groups in total. The van der Waals surface area contributed by atoms with E-state index >= 15 is 0 Å². The average molecular weight is 284 g/mol. The Morgan fingerprint density at radius 3 is 1.95 bits per heavy atom. The Balaban J connectivity index is 2.31. The first-order chi connectivity index (χ1) is 9.77. The van der Waals surface area contributed by atoms with Gasteiger partial charge in [-0.3, -0.25) is 0 Å². The summed E-state index contributed by atoms with van der Waals surface area (Å²) in [5.41, 5.74) is 0. The van der Waals surface area contributed by atoms with E-state index in [1.54, 1.807) is 0 Å². The van der Waals surface area contributed by atoms with Crippen molar-refractivity contribution in [2.45, 2.75) is 90.6 Å². The molecular weight excluding hydrogens is 246 g/mol. The summed E-state index contributed by atoms with van der Waals surface area (Å²) in [7, 11) is 0. The fourth-order valence-corrected chi connectivity index (χ4v) is 3.40. The van der Waals surface area contributed by atoms with Crippen molar-refractivity contribution in [3.05, 3.63) is 0 Å². The minimum atomic E-state index is -0.0847. The minimum Gasteiger partial charge on any atom is -0.392 e. The molecule has 1 aliphatic carbocycles. The molecule has 2 heteroatoms. The highest BCUT2D eigenvalue weighted by Crippen LogP contribution is 2.27. The normalized spacial score (nSPS) is 18.6. The number of hydrogen-bond donors (Lipinski definition) is 1. The molecule has 1 fully saturated rings. The number of aliphatic hydroxyl groups is 1. The molecule has 0 heterocycles. The van der Waals surface area contributed by atoms with Gasteiger partial charge in [-0.05, 0) is 44.7 Å². The molecule has 1 atom stereocenters. The van der Waals surface area contributed by atoms with Gasteiger partial charge in [0.15, 0.2) is 0 Å². The van der Waals surface area contributed by atoms with Gasteiger partial charge in [0.1, 0.15) is 0 Å². The second-order valence-corrected chi connectivity index (χ2v) is 6.68. The maximum atomic E-state index is 10.5. The van der Waals surface area contributed by atoms with Crippen LogP contribution in [-0.2, 0) is 0 Å². The number of nitrogens with zero attached hydrogens (tertiary/aromatic N) is 1. The van der Waals surface area contributed by atoms with Gasteiger partial charge in [-0.15, -0.1) is 0 Å². The van der Waals surface area contributed by atoms with Gasteiger partial charge in [0.05, 0.1) is 6.10 Å². The van der Waals surface area contributed by atoms with Crippen molar-refractivity contribution in [3.8, 4) is 0 Å². The molecular formula is C18H37NO. The van der Waals surface area contributed by atoms with E-state index in [1.165, 1.54) is 83.7 Å². The monoisotopic (exact) mass is 283 g/mol. The summed E-state index contributed by atoms with van der Waals surface area (Å²) >= 11 is 0. The third-order valence-electron chi connectivity index (χ3n) is 4.80. The van der Waals surface area contributed by atoms with E-state index < -0.39 is 0 Å². The molecule has 0 saturated heterocycles. The Kier molecular flexibility index (Phi) is 10.4. The second kappa shape index (κ2) is 11.6. The van der Waals surface area contributed by atoms with Crippen LogP contribution in [0.25, 0.3) is 0 Å².